The van der Waals surface area contributed by atoms with Gasteiger partial charge in [0.25, 0.3) is 0 Å². The highest BCUT2D eigenvalue weighted by molar-refractivity contribution is 4.87. The van der Waals surface area contributed by atoms with Gasteiger partial charge in [-0.05, 0) is 38.3 Å². The summed E-state index contributed by atoms with van der Waals surface area (Å²) in [5, 5.41) is 0. The van der Waals surface area contributed by atoms with E-state index in [0.29, 0.717) is 11.5 Å². The summed E-state index contributed by atoms with van der Waals surface area (Å²) < 4.78 is 5.29. The maximum atomic E-state index is 6.13. The lowest BCUT2D eigenvalue weighted by atomic mass is 9.79. The third kappa shape index (κ3) is 4.52. The molecule has 1 aliphatic carbocycles. The standard InChI is InChI=1S/C15H32N2O/c1-4-17(14(2)11-18-3)13-15(12-16)9-7-5-6-8-10-15/h14H,4-13,16H2,1-3H3. The van der Waals surface area contributed by atoms with Gasteiger partial charge in [0.1, 0.15) is 0 Å². The van der Waals surface area contributed by atoms with Crippen LogP contribution in [0.4, 0.5) is 0 Å². The van der Waals surface area contributed by atoms with Crippen molar-refractivity contribution in [3.63, 3.8) is 0 Å². The number of likely N-dealkylation sites (N-methyl/N-ethyl adjacent to an activating group) is 1. The van der Waals surface area contributed by atoms with Crippen molar-refractivity contribution in [1.29, 1.82) is 0 Å². The third-order valence-corrected chi connectivity index (χ3v) is 4.57. The first-order chi connectivity index (χ1) is 8.67. The average molecular weight is 256 g/mol. The van der Waals surface area contributed by atoms with Crippen LogP contribution in [-0.4, -0.2) is 44.3 Å². The lowest BCUT2D eigenvalue weighted by Gasteiger charge is -2.39. The van der Waals surface area contributed by atoms with Crippen LogP contribution in [0.1, 0.15) is 52.4 Å². The fourth-order valence-corrected chi connectivity index (χ4v) is 3.26. The second-order valence-corrected chi connectivity index (χ2v) is 5.99. The van der Waals surface area contributed by atoms with E-state index in [1.807, 2.05) is 0 Å². The van der Waals surface area contributed by atoms with Crippen molar-refractivity contribution >= 4 is 0 Å². The number of hydrogen-bond donors (Lipinski definition) is 1. The Balaban J connectivity index is 2.62. The van der Waals surface area contributed by atoms with Crippen LogP contribution in [0.2, 0.25) is 0 Å². The number of methoxy groups -OCH3 is 1. The summed E-state index contributed by atoms with van der Waals surface area (Å²) in [6.45, 7) is 8.38. The molecule has 1 aliphatic rings. The van der Waals surface area contributed by atoms with Crippen LogP contribution in [0.5, 0.6) is 0 Å². The summed E-state index contributed by atoms with van der Waals surface area (Å²) in [5.41, 5.74) is 6.48. The molecule has 3 nitrogen and oxygen atoms in total. The second-order valence-electron chi connectivity index (χ2n) is 5.99. The molecule has 1 unspecified atom stereocenters. The van der Waals surface area contributed by atoms with E-state index in [9.17, 15) is 0 Å². The second kappa shape index (κ2) is 8.13. The van der Waals surface area contributed by atoms with Gasteiger partial charge in [-0.2, -0.15) is 0 Å². The highest BCUT2D eigenvalue weighted by atomic mass is 16.5. The van der Waals surface area contributed by atoms with Crippen molar-refractivity contribution in [3.05, 3.63) is 0 Å². The van der Waals surface area contributed by atoms with Gasteiger partial charge in [-0.1, -0.05) is 32.6 Å². The van der Waals surface area contributed by atoms with Crippen molar-refractivity contribution in [2.75, 3.05) is 33.4 Å². The normalized spacial score (nSPS) is 21.8. The zero-order valence-corrected chi connectivity index (χ0v) is 12.6. The monoisotopic (exact) mass is 256 g/mol. The van der Waals surface area contributed by atoms with Crippen LogP contribution in [-0.2, 0) is 4.74 Å². The summed E-state index contributed by atoms with van der Waals surface area (Å²) in [6.07, 6.45) is 8.10. The molecule has 0 aromatic carbocycles. The first-order valence-corrected chi connectivity index (χ1v) is 7.60. The number of nitrogens with two attached hydrogens (primary N) is 1. The van der Waals surface area contributed by atoms with Crippen molar-refractivity contribution in [2.45, 2.75) is 58.4 Å². The highest BCUT2D eigenvalue weighted by Gasteiger charge is 2.32. The molecule has 0 saturated heterocycles. The Hall–Kier alpha value is -0.120. The first-order valence-electron chi connectivity index (χ1n) is 7.60. The minimum atomic E-state index is 0.356. The molecule has 108 valence electrons. The lowest BCUT2D eigenvalue weighted by Crippen LogP contribution is -2.47. The lowest BCUT2D eigenvalue weighted by molar-refractivity contribution is 0.0618. The van der Waals surface area contributed by atoms with Gasteiger partial charge >= 0.3 is 0 Å². The molecule has 0 bridgehead atoms. The predicted molar refractivity (Wildman–Crippen MR) is 77.8 cm³/mol. The largest absolute Gasteiger partial charge is 0.383 e. The van der Waals surface area contributed by atoms with E-state index >= 15 is 0 Å². The molecule has 1 rings (SSSR count). The van der Waals surface area contributed by atoms with Crippen molar-refractivity contribution in [2.24, 2.45) is 11.1 Å². The van der Waals surface area contributed by atoms with E-state index in [-0.39, 0.29) is 0 Å². The Morgan fingerprint density at radius 3 is 2.28 bits per heavy atom. The van der Waals surface area contributed by atoms with Gasteiger partial charge in [0, 0.05) is 19.7 Å². The Morgan fingerprint density at radius 1 is 1.22 bits per heavy atom. The van der Waals surface area contributed by atoms with Gasteiger partial charge in [-0.3, -0.25) is 4.90 Å². The van der Waals surface area contributed by atoms with Gasteiger partial charge in [0.05, 0.1) is 6.61 Å². The molecule has 0 radical (unpaired) electrons. The van der Waals surface area contributed by atoms with Crippen LogP contribution in [0.3, 0.4) is 0 Å². The van der Waals surface area contributed by atoms with Crippen LogP contribution in [0, 0.1) is 5.41 Å². The molecule has 0 heterocycles. The zero-order valence-electron chi connectivity index (χ0n) is 12.6. The maximum absolute atomic E-state index is 6.13. The van der Waals surface area contributed by atoms with Gasteiger partial charge in [0.2, 0.25) is 0 Å². The van der Waals surface area contributed by atoms with Gasteiger partial charge < -0.3 is 10.5 Å². The molecule has 3 heteroatoms. The van der Waals surface area contributed by atoms with Gasteiger partial charge in [-0.15, -0.1) is 0 Å². The van der Waals surface area contributed by atoms with Gasteiger partial charge in [-0.25, -0.2) is 0 Å². The molecule has 0 aromatic rings. The molecular weight excluding hydrogens is 224 g/mol. The summed E-state index contributed by atoms with van der Waals surface area (Å²) in [7, 11) is 1.79. The van der Waals surface area contributed by atoms with Crippen LogP contribution >= 0.6 is 0 Å². The van der Waals surface area contributed by atoms with Crippen molar-refractivity contribution in [1.82, 2.24) is 4.90 Å². The summed E-state index contributed by atoms with van der Waals surface area (Å²) in [5.74, 6) is 0. The summed E-state index contributed by atoms with van der Waals surface area (Å²) in [6, 6.07) is 0.492. The Labute approximate surface area is 113 Å². The molecule has 0 amide bonds. The molecular formula is C15H32N2O. The number of ether oxygens (including phenoxy) is 1. The molecule has 1 saturated carbocycles. The Kier molecular flexibility index (Phi) is 7.20. The maximum Gasteiger partial charge on any atom is 0.0615 e. The molecule has 0 aliphatic heterocycles. The average Bonchev–Trinajstić information content (AvgIpc) is 2.62. The molecule has 1 fully saturated rings. The number of hydrogen-bond acceptors (Lipinski definition) is 3. The van der Waals surface area contributed by atoms with E-state index in [0.717, 1.165) is 26.2 Å². The van der Waals surface area contributed by atoms with E-state index in [1.165, 1.54) is 38.5 Å². The first kappa shape index (κ1) is 15.9. The molecule has 2 N–H and O–H groups in total. The summed E-state index contributed by atoms with van der Waals surface area (Å²) in [4.78, 5) is 2.54. The van der Waals surface area contributed by atoms with E-state index < -0.39 is 0 Å². The minimum Gasteiger partial charge on any atom is -0.383 e. The summed E-state index contributed by atoms with van der Waals surface area (Å²) >= 11 is 0. The predicted octanol–water partition coefficient (Wildman–Crippen LogP) is 2.64. The topological polar surface area (TPSA) is 38.5 Å². The van der Waals surface area contributed by atoms with Crippen LogP contribution in [0.15, 0.2) is 0 Å². The fourth-order valence-electron chi connectivity index (χ4n) is 3.26. The SMILES string of the molecule is CCN(CC1(CN)CCCCCC1)C(C)COC. The number of rotatable bonds is 7. The minimum absolute atomic E-state index is 0.356. The molecule has 0 spiro atoms. The Morgan fingerprint density at radius 2 is 1.83 bits per heavy atom. The van der Waals surface area contributed by atoms with E-state index in [4.69, 9.17) is 10.5 Å². The number of nitrogens with zero attached hydrogens (tertiary/aromatic N) is 1. The molecule has 0 aromatic heterocycles. The van der Waals surface area contributed by atoms with Crippen molar-refractivity contribution < 1.29 is 4.74 Å². The smallest absolute Gasteiger partial charge is 0.0615 e. The highest BCUT2D eigenvalue weighted by Crippen LogP contribution is 2.35. The quantitative estimate of drug-likeness (QED) is 0.712. The fraction of sp³-hybridized carbons (Fsp3) is 1.00. The van der Waals surface area contributed by atoms with Crippen molar-refractivity contribution in [3.8, 4) is 0 Å². The van der Waals surface area contributed by atoms with E-state index in [2.05, 4.69) is 18.7 Å². The van der Waals surface area contributed by atoms with Crippen LogP contribution < -0.4 is 5.73 Å². The molecule has 1 atom stereocenters. The van der Waals surface area contributed by atoms with Gasteiger partial charge in [0.15, 0.2) is 0 Å². The third-order valence-electron chi connectivity index (χ3n) is 4.57. The van der Waals surface area contributed by atoms with Crippen LogP contribution in [0.25, 0.3) is 0 Å². The Bertz CT molecular complexity index is 213. The molecule has 18 heavy (non-hydrogen) atoms. The zero-order chi connectivity index (χ0) is 13.4. The van der Waals surface area contributed by atoms with E-state index in [1.54, 1.807) is 7.11 Å².